The Bertz CT molecular complexity index is 6720. The summed E-state index contributed by atoms with van der Waals surface area (Å²) in [6.07, 6.45) is 5.31. The molecule has 0 spiro atoms. The molecule has 6 heterocycles. The van der Waals surface area contributed by atoms with E-state index in [0.717, 1.165) is 74.8 Å². The van der Waals surface area contributed by atoms with Crippen LogP contribution in [0, 0.1) is 57.2 Å². The Hall–Kier alpha value is -5.62. The third-order valence-electron chi connectivity index (χ3n) is 14.7. The van der Waals surface area contributed by atoms with Gasteiger partial charge in [0, 0.05) is 22.8 Å². The minimum atomic E-state index is -5.27. The molecule has 10 rings (SSSR count). The third kappa shape index (κ3) is 24.9. The Morgan fingerprint density at radius 2 is 1.19 bits per heavy atom. The van der Waals surface area contributed by atoms with Crippen LogP contribution in [0.15, 0.2) is 137 Å². The summed E-state index contributed by atoms with van der Waals surface area (Å²) >= 11 is 21.4. The van der Waals surface area contributed by atoms with Crippen molar-refractivity contribution >= 4 is 199 Å². The first-order valence-corrected chi connectivity index (χ1v) is 39.8. The predicted molar refractivity (Wildman–Crippen MR) is 401 cm³/mol. The second kappa shape index (κ2) is 44.6. The molecular formula is C62H38Cl3K4N17O24S8. The van der Waals surface area contributed by atoms with Crippen LogP contribution in [0.5, 0.6) is 17.6 Å². The van der Waals surface area contributed by atoms with Gasteiger partial charge in [-0.1, -0.05) is 70.7 Å². The van der Waals surface area contributed by atoms with Crippen molar-refractivity contribution in [1.82, 2.24) is 28.0 Å². The van der Waals surface area contributed by atoms with Crippen LogP contribution in [0.3, 0.4) is 0 Å². The Balaban J connectivity index is 0.000000449. The molecule has 0 aliphatic carbocycles. The van der Waals surface area contributed by atoms with Crippen LogP contribution in [0.1, 0.15) is 66.8 Å². The van der Waals surface area contributed by atoms with E-state index < -0.39 is 157 Å². The van der Waals surface area contributed by atoms with Crippen LogP contribution in [0.25, 0.3) is 36.1 Å². The van der Waals surface area contributed by atoms with Crippen molar-refractivity contribution in [2.75, 3.05) is 5.75 Å². The number of benzene rings is 4. The zero-order chi connectivity index (χ0) is 84.0. The molecule has 9 N–H and O–H groups in total. The normalized spacial score (nSPS) is 11.2. The molecule has 0 saturated carbocycles. The van der Waals surface area contributed by atoms with Crippen LogP contribution in [0.4, 0.5) is 49.4 Å². The summed E-state index contributed by atoms with van der Waals surface area (Å²) in [7, 11) is -20.4. The first-order valence-electron chi connectivity index (χ1n) is 29.6. The number of hydrogen-bond acceptors (Lipinski definition) is 35. The number of halogens is 3. The fourth-order valence-electron chi connectivity index (χ4n) is 9.62. The molecule has 10 aromatic rings. The fourth-order valence-corrected chi connectivity index (χ4v) is 16.3. The number of thioether (sulfide) groups is 1. The molecule has 4 aromatic carbocycles. The molecule has 0 aliphatic heterocycles. The first-order chi connectivity index (χ1) is 52.8. The van der Waals surface area contributed by atoms with Crippen molar-refractivity contribution in [1.29, 1.82) is 5.26 Å². The van der Waals surface area contributed by atoms with Gasteiger partial charge in [0.2, 0.25) is 38.7 Å². The van der Waals surface area contributed by atoms with Crippen LogP contribution in [0.2, 0.25) is 15.1 Å². The number of aromatic carboxylic acids is 1. The number of carboxylic acids is 2. The van der Waals surface area contributed by atoms with Crippen molar-refractivity contribution in [2.24, 2.45) is 36.4 Å². The van der Waals surface area contributed by atoms with Crippen molar-refractivity contribution in [2.45, 2.75) is 64.9 Å². The number of rotatable bonds is 21. The molecule has 0 saturated heterocycles. The largest absolute Gasteiger partial charge is 1.00 e. The number of aromatic hydroxyl groups is 3. The average molecular weight is 1920 g/mol. The summed E-state index contributed by atoms with van der Waals surface area (Å²) in [6, 6.07) is 12.3. The number of carboxylic acid groups (broad SMARTS) is 2. The molecule has 0 atom stereocenters. The van der Waals surface area contributed by atoms with Crippen LogP contribution in [-0.4, -0.2) is 135 Å². The molecule has 56 heteroatoms. The van der Waals surface area contributed by atoms with E-state index in [1.165, 1.54) is 45.0 Å². The molecule has 0 aliphatic rings. The van der Waals surface area contributed by atoms with Gasteiger partial charge in [0.15, 0.2) is 11.4 Å². The van der Waals surface area contributed by atoms with E-state index in [1.54, 1.807) is 0 Å². The van der Waals surface area contributed by atoms with Gasteiger partial charge in [0.25, 0.3) is 34.0 Å². The monoisotopic (exact) mass is 1920 g/mol. The Morgan fingerprint density at radius 1 is 0.661 bits per heavy atom. The van der Waals surface area contributed by atoms with Crippen LogP contribution >= 0.6 is 80.8 Å². The number of carbonyl (C=O) groups is 3. The SMILES string of the molecule is O.[C-]#[N+]c1c(C#C)c(N=Nc2nc3cc(Cl)c(S(=O)(=O)[O-])cc3s2)c(=O)n(-c2ccc(C(=O)O)cc2)c1O.[C-]#[N+]c1c(C)c(N=Nc2nc(SCCC(=O)O)ns2)c(=O)n(-c2cc(Cl)c(S(=O)(=O)[O-])cc2Cl)c1O.[C-]#[N+]c1c(N=Nc2c(CC)c(C(N)=O)c(O)n(Cc3cc(S(=O)(=O)[O-])cc(S(=O)(=O)[O-])c3)c2=O)sc(C#N)c1C.[K+].[K+].[K+].[K+]. The maximum absolute atomic E-state index is 13.4. The number of aliphatic carboxylic acids is 1. The number of thiophene rings is 1. The van der Waals surface area contributed by atoms with E-state index in [0.29, 0.717) is 32.9 Å². The summed E-state index contributed by atoms with van der Waals surface area (Å²) in [5, 5.41) is 81.1. The zero-order valence-corrected chi connectivity index (χ0v) is 81.8. The molecule has 6 aromatic heterocycles. The molecule has 0 radical (unpaired) electrons. The van der Waals surface area contributed by atoms with E-state index in [2.05, 4.69) is 65.5 Å². The third-order valence-corrected chi connectivity index (χ3v) is 22.8. The number of carbonyl (C=O) groups excluding carboxylic acids is 1. The Kier molecular flexibility index (Phi) is 40.3. The van der Waals surface area contributed by atoms with Gasteiger partial charge in [-0.2, -0.15) is 19.7 Å². The quantitative estimate of drug-likeness (QED) is 0.0116. The summed E-state index contributed by atoms with van der Waals surface area (Å²) < 4.78 is 144. The number of aromatic nitrogens is 6. The number of fused-ring (bicyclic) bond motifs is 1. The van der Waals surface area contributed by atoms with Crippen LogP contribution < -0.4 is 228 Å². The topological polar surface area (TPSA) is 654 Å². The minimum absolute atomic E-state index is 0. The summed E-state index contributed by atoms with van der Waals surface area (Å²) in [5.74, 6) is -3.60. The maximum Gasteiger partial charge on any atom is 1.00 e. The standard InChI is InChI=1S/C22H10ClN5O7S2.C22H18N6O9S3.C18H12Cl2N6O7S3.4K.H2O/c1-3-12-17(24-2)19(29)28(11-6-4-10(5-7-11)21(31)32)20(30)18(12)26-27-22-25-14-8-13(23)16(37(33,34)35)9-15(14)36-22;1-4-14-16(19(24)29)21(30)28(9-11-5-12(39(32,33)34)7-13(6-11)40(35,36)37)22(31)18(14)26-27-20-17(25-3)10(2)15(8-23)38-20;1-7-13(21-2)15(29)26(10-5-9(20)11(6-8(10)19)36(31,32)33)16(30)14(7)23-24-17-22-18(25-35-17)34-4-3-12(27)28;;;;;/h1,4-9,29H,(H,31,32)(H,33,34,35);5-7,30H,4,9H2,1-2H3,(H2,24,29)(H,32,33,34)(H,35,36,37);5-6,29H,3-4H2,1H3,(H,27,28)(H,31,32,33);;;;;1H2/q;;;4*+1;/p-4. The van der Waals surface area contributed by atoms with Gasteiger partial charge in [0.05, 0.1) is 105 Å². The number of thiazole rings is 1. The van der Waals surface area contributed by atoms with Gasteiger partial charge in [-0.05, 0) is 104 Å². The van der Waals surface area contributed by atoms with Gasteiger partial charge < -0.3 is 55.0 Å². The number of nitriles is 1. The second-order valence-corrected chi connectivity index (χ2v) is 32.2. The zero-order valence-electron chi connectivity index (χ0n) is 60.5. The summed E-state index contributed by atoms with van der Waals surface area (Å²) in [4.78, 5) is 88.3. The Morgan fingerprint density at radius 3 is 1.71 bits per heavy atom. The van der Waals surface area contributed by atoms with E-state index in [4.69, 9.17) is 76.9 Å². The van der Waals surface area contributed by atoms with E-state index in [-0.39, 0.29) is 321 Å². The number of nitrogens with two attached hydrogens (primary N) is 1. The smallest absolute Gasteiger partial charge is 0.744 e. The fraction of sp³-hybridized carbons (Fsp3) is 0.113. The Labute approximate surface area is 865 Å². The molecule has 588 valence electrons. The van der Waals surface area contributed by atoms with E-state index in [9.17, 15) is 101 Å². The van der Waals surface area contributed by atoms with E-state index >= 15 is 0 Å². The van der Waals surface area contributed by atoms with Crippen molar-refractivity contribution in [3.8, 4) is 47.4 Å². The molecule has 0 bridgehead atoms. The van der Waals surface area contributed by atoms with Crippen LogP contribution in [-0.2, 0) is 58.2 Å². The number of amides is 1. The molecule has 1 amide bonds. The van der Waals surface area contributed by atoms with Gasteiger partial charge in [-0.15, -0.1) is 43.3 Å². The molecule has 0 unspecified atom stereocenters. The molecule has 118 heavy (non-hydrogen) atoms. The number of primary amides is 1. The maximum atomic E-state index is 13.4. The number of hydrogen-bond donors (Lipinski definition) is 6. The first kappa shape index (κ1) is 107. The molecule has 0 fully saturated rings. The average Bonchev–Trinajstić information content (AvgIpc) is 1.17. The van der Waals surface area contributed by atoms with Crippen molar-refractivity contribution < 1.29 is 303 Å². The van der Waals surface area contributed by atoms with Gasteiger partial charge >= 0.3 is 217 Å². The number of nitrogens with zero attached hydrogens (tertiary/aromatic N) is 16. The number of terminal acetylenes is 1. The summed E-state index contributed by atoms with van der Waals surface area (Å²) in [5.41, 5.74) is -1.14. The minimum Gasteiger partial charge on any atom is -0.744 e. The summed E-state index contributed by atoms with van der Waals surface area (Å²) in [6.45, 7) is 25.7. The number of pyridine rings is 3. The van der Waals surface area contributed by atoms with Gasteiger partial charge in [-0.3, -0.25) is 37.7 Å². The van der Waals surface area contributed by atoms with Gasteiger partial charge in [0.1, 0.15) is 62.8 Å². The number of azo groups is 3. The van der Waals surface area contributed by atoms with Gasteiger partial charge in [-0.25, -0.2) is 58.0 Å². The second-order valence-electron chi connectivity index (χ2n) is 21.7. The van der Waals surface area contributed by atoms with E-state index in [1.807, 2.05) is 6.07 Å². The van der Waals surface area contributed by atoms with Crippen molar-refractivity contribution in [3.05, 3.63) is 191 Å². The molecule has 41 nitrogen and oxygen atoms in total. The predicted octanol–water partition coefficient (Wildman–Crippen LogP) is -1.73. The molecular weight excluding hydrogens is 1890 g/mol. The van der Waals surface area contributed by atoms with Crippen molar-refractivity contribution in [3.63, 3.8) is 0 Å².